The third-order valence-corrected chi connectivity index (χ3v) is 5.32. The number of thiophene rings is 1. The fraction of sp³-hybridized carbons (Fsp3) is 0.588. The zero-order valence-corrected chi connectivity index (χ0v) is 15.0. The Morgan fingerprint density at radius 3 is 2.62 bits per heavy atom. The van der Waals surface area contributed by atoms with E-state index in [1.165, 1.54) is 16.7 Å². The van der Waals surface area contributed by atoms with Gasteiger partial charge in [0.25, 0.3) is 0 Å². The van der Waals surface area contributed by atoms with Gasteiger partial charge in [-0.1, -0.05) is 0 Å². The lowest BCUT2D eigenvalue weighted by Crippen LogP contribution is -2.43. The van der Waals surface area contributed by atoms with E-state index in [0.29, 0.717) is 25.9 Å². The lowest BCUT2D eigenvalue weighted by molar-refractivity contribution is -0.145. The van der Waals surface area contributed by atoms with Gasteiger partial charge in [0, 0.05) is 35.8 Å². The van der Waals surface area contributed by atoms with Gasteiger partial charge in [-0.3, -0.25) is 14.4 Å². The molecule has 0 aromatic carbocycles. The number of carboxylic acids is 1. The molecule has 6 nitrogen and oxygen atoms in total. The molecule has 0 aliphatic carbocycles. The molecule has 1 aliphatic heterocycles. The van der Waals surface area contributed by atoms with Gasteiger partial charge in [0.05, 0.1) is 6.42 Å². The minimum Gasteiger partial charge on any atom is -0.480 e. The average Bonchev–Trinajstić information content (AvgIpc) is 2.76. The van der Waals surface area contributed by atoms with Gasteiger partial charge in [0.15, 0.2) is 0 Å². The summed E-state index contributed by atoms with van der Waals surface area (Å²) in [6, 6.07) is 3.89. The molecule has 2 amide bonds. The van der Waals surface area contributed by atoms with E-state index < -0.39 is 5.97 Å². The average molecular weight is 352 g/mol. The van der Waals surface area contributed by atoms with Gasteiger partial charge in [-0.05, 0) is 38.3 Å². The molecule has 1 atom stereocenters. The van der Waals surface area contributed by atoms with Gasteiger partial charge in [-0.15, -0.1) is 11.3 Å². The number of carbonyl (C=O) groups is 3. The second-order valence-corrected chi connectivity index (χ2v) is 7.57. The molecule has 1 N–H and O–H groups in total. The largest absolute Gasteiger partial charge is 0.480 e. The minimum absolute atomic E-state index is 0.102. The second kappa shape index (κ2) is 8.28. The maximum absolute atomic E-state index is 12.5. The van der Waals surface area contributed by atoms with Crippen LogP contribution >= 0.6 is 11.3 Å². The number of rotatable bonds is 5. The van der Waals surface area contributed by atoms with Crippen molar-refractivity contribution in [1.82, 2.24) is 9.80 Å². The van der Waals surface area contributed by atoms with E-state index in [0.717, 1.165) is 17.7 Å². The highest BCUT2D eigenvalue weighted by atomic mass is 32.1. The van der Waals surface area contributed by atoms with Crippen LogP contribution in [0.1, 0.15) is 35.9 Å². The molecule has 1 aromatic rings. The molecule has 132 valence electrons. The summed E-state index contributed by atoms with van der Waals surface area (Å²) in [6.07, 6.45) is 2.55. The van der Waals surface area contributed by atoms with Gasteiger partial charge < -0.3 is 14.9 Å². The third-order valence-electron chi connectivity index (χ3n) is 4.32. The molecule has 0 spiro atoms. The Morgan fingerprint density at radius 2 is 2.04 bits per heavy atom. The molecular weight excluding hydrogens is 328 g/mol. The van der Waals surface area contributed by atoms with Gasteiger partial charge in [0.2, 0.25) is 11.8 Å². The van der Waals surface area contributed by atoms with Crippen molar-refractivity contribution in [2.24, 2.45) is 0 Å². The molecule has 2 rings (SSSR count). The molecule has 2 heterocycles. The molecule has 1 saturated heterocycles. The van der Waals surface area contributed by atoms with Crippen molar-refractivity contribution in [3.05, 3.63) is 21.9 Å². The summed E-state index contributed by atoms with van der Waals surface area (Å²) in [7, 11) is 0. The first-order valence-electron chi connectivity index (χ1n) is 8.19. The van der Waals surface area contributed by atoms with Crippen LogP contribution in [-0.4, -0.2) is 58.4 Å². The van der Waals surface area contributed by atoms with Gasteiger partial charge in [-0.25, -0.2) is 0 Å². The number of amides is 2. The number of carboxylic acid groups (broad SMARTS) is 1. The van der Waals surface area contributed by atoms with Crippen molar-refractivity contribution in [2.45, 2.75) is 45.6 Å². The number of likely N-dealkylation sites (tertiary alicyclic amines) is 1. The van der Waals surface area contributed by atoms with E-state index in [9.17, 15) is 14.4 Å². The predicted molar refractivity (Wildman–Crippen MR) is 92.0 cm³/mol. The van der Waals surface area contributed by atoms with Crippen LogP contribution in [0.3, 0.4) is 0 Å². The summed E-state index contributed by atoms with van der Waals surface area (Å²) in [5.41, 5.74) is 0. The molecule has 24 heavy (non-hydrogen) atoms. The van der Waals surface area contributed by atoms with Crippen molar-refractivity contribution in [1.29, 1.82) is 0 Å². The molecule has 1 unspecified atom stereocenters. The fourth-order valence-corrected chi connectivity index (χ4v) is 4.01. The highest BCUT2D eigenvalue weighted by Gasteiger charge is 2.27. The molecule has 7 heteroatoms. The second-order valence-electron chi connectivity index (χ2n) is 6.20. The van der Waals surface area contributed by atoms with Crippen molar-refractivity contribution in [3.63, 3.8) is 0 Å². The quantitative estimate of drug-likeness (QED) is 0.878. The van der Waals surface area contributed by atoms with Crippen LogP contribution in [0.15, 0.2) is 12.1 Å². The Balaban J connectivity index is 1.94. The standard InChI is InChI=1S/C17H24N2O4S/c1-12-5-6-15(24-12)10-16(21)18-8-3-4-14(7-9-18)19(13(2)20)11-17(22)23/h5-6,14H,3-4,7-11H2,1-2H3,(H,22,23). The van der Waals surface area contributed by atoms with E-state index in [1.807, 2.05) is 24.0 Å². The van der Waals surface area contributed by atoms with Crippen molar-refractivity contribution < 1.29 is 19.5 Å². The van der Waals surface area contributed by atoms with Crippen molar-refractivity contribution in [3.8, 4) is 0 Å². The molecule has 1 aliphatic rings. The van der Waals surface area contributed by atoms with Crippen LogP contribution in [0.5, 0.6) is 0 Å². The first-order valence-corrected chi connectivity index (χ1v) is 9.00. The number of hydrogen-bond acceptors (Lipinski definition) is 4. The van der Waals surface area contributed by atoms with E-state index in [-0.39, 0.29) is 24.4 Å². The number of aliphatic carboxylic acids is 1. The molecular formula is C17H24N2O4S. The SMILES string of the molecule is CC(=O)N(CC(=O)O)C1CCCN(C(=O)Cc2ccc(C)s2)CC1. The van der Waals surface area contributed by atoms with Gasteiger partial charge >= 0.3 is 5.97 Å². The first kappa shape index (κ1) is 18.4. The Kier molecular flexibility index (Phi) is 6.36. The summed E-state index contributed by atoms with van der Waals surface area (Å²) in [6.45, 7) is 4.38. The number of nitrogens with zero attached hydrogens (tertiary/aromatic N) is 2. The molecule has 0 saturated carbocycles. The molecule has 1 fully saturated rings. The normalized spacial score (nSPS) is 18.1. The van der Waals surface area contributed by atoms with Crippen LogP contribution in [0.4, 0.5) is 0 Å². The Bertz CT molecular complexity index is 613. The zero-order valence-electron chi connectivity index (χ0n) is 14.2. The Labute approximate surface area is 146 Å². The maximum Gasteiger partial charge on any atom is 0.323 e. The molecule has 0 radical (unpaired) electrons. The monoisotopic (exact) mass is 352 g/mol. The van der Waals surface area contributed by atoms with Crippen molar-refractivity contribution in [2.75, 3.05) is 19.6 Å². The molecule has 1 aromatic heterocycles. The zero-order chi connectivity index (χ0) is 17.7. The summed E-state index contributed by atoms with van der Waals surface area (Å²) < 4.78 is 0. The highest BCUT2D eigenvalue weighted by molar-refractivity contribution is 7.12. The van der Waals surface area contributed by atoms with Crippen LogP contribution < -0.4 is 0 Å². The van der Waals surface area contributed by atoms with E-state index in [1.54, 1.807) is 11.3 Å². The lowest BCUT2D eigenvalue weighted by Gasteiger charge is -2.28. The fourth-order valence-electron chi connectivity index (χ4n) is 3.12. The van der Waals surface area contributed by atoms with E-state index in [4.69, 9.17) is 5.11 Å². The number of carbonyl (C=O) groups excluding carboxylic acids is 2. The summed E-state index contributed by atoms with van der Waals surface area (Å²) in [4.78, 5) is 40.7. The lowest BCUT2D eigenvalue weighted by atomic mass is 10.1. The maximum atomic E-state index is 12.5. The Hall–Kier alpha value is -1.89. The first-order chi connectivity index (χ1) is 11.4. The van der Waals surface area contributed by atoms with Crippen LogP contribution in [-0.2, 0) is 20.8 Å². The van der Waals surface area contributed by atoms with Crippen LogP contribution in [0.2, 0.25) is 0 Å². The van der Waals surface area contributed by atoms with Crippen LogP contribution in [0.25, 0.3) is 0 Å². The smallest absolute Gasteiger partial charge is 0.323 e. The third kappa shape index (κ3) is 5.06. The van der Waals surface area contributed by atoms with Gasteiger partial charge in [0.1, 0.15) is 6.54 Å². The summed E-state index contributed by atoms with van der Waals surface area (Å²) in [5.74, 6) is -1.13. The predicted octanol–water partition coefficient (Wildman–Crippen LogP) is 1.91. The van der Waals surface area contributed by atoms with Crippen LogP contribution in [0, 0.1) is 6.92 Å². The summed E-state index contributed by atoms with van der Waals surface area (Å²) >= 11 is 1.64. The molecule has 0 bridgehead atoms. The minimum atomic E-state index is -1.00. The number of hydrogen-bond donors (Lipinski definition) is 1. The van der Waals surface area contributed by atoms with E-state index in [2.05, 4.69) is 0 Å². The topological polar surface area (TPSA) is 77.9 Å². The van der Waals surface area contributed by atoms with E-state index >= 15 is 0 Å². The Morgan fingerprint density at radius 1 is 1.29 bits per heavy atom. The highest BCUT2D eigenvalue weighted by Crippen LogP contribution is 2.20. The number of aryl methyl sites for hydroxylation is 1. The van der Waals surface area contributed by atoms with Crippen molar-refractivity contribution >= 4 is 29.1 Å². The van der Waals surface area contributed by atoms with Gasteiger partial charge in [-0.2, -0.15) is 0 Å². The summed E-state index contributed by atoms with van der Waals surface area (Å²) in [5, 5.41) is 8.98.